The highest BCUT2D eigenvalue weighted by atomic mass is 16.7. The van der Waals surface area contributed by atoms with Gasteiger partial charge in [0.15, 0.2) is 17.1 Å². The number of nitrogens with zero attached hydrogens (tertiary/aromatic N) is 4. The van der Waals surface area contributed by atoms with Gasteiger partial charge in [0.2, 0.25) is 5.91 Å². The number of nitrogens with one attached hydrogen (secondary N) is 1. The van der Waals surface area contributed by atoms with Crippen molar-refractivity contribution in [2.45, 2.75) is 117 Å². The van der Waals surface area contributed by atoms with Crippen LogP contribution in [-0.4, -0.2) is 110 Å². The third kappa shape index (κ3) is 8.13. The third-order valence-corrected chi connectivity index (χ3v) is 13.0. The number of phenols is 2. The molecule has 0 aliphatic carbocycles. The van der Waals surface area contributed by atoms with Gasteiger partial charge in [-0.05, 0) is 19.9 Å². The van der Waals surface area contributed by atoms with E-state index in [1.165, 1.54) is 33.3 Å². The van der Waals surface area contributed by atoms with Crippen molar-refractivity contribution in [2.75, 3.05) is 25.5 Å². The summed E-state index contributed by atoms with van der Waals surface area (Å²) in [5.41, 5.74) is -0.823. The van der Waals surface area contributed by atoms with E-state index in [9.17, 15) is 40.0 Å². The minimum Gasteiger partial charge on any atom is -0.507 e. The van der Waals surface area contributed by atoms with Crippen LogP contribution in [0.3, 0.4) is 0 Å². The van der Waals surface area contributed by atoms with Crippen LogP contribution in [0.2, 0.25) is 0 Å². The van der Waals surface area contributed by atoms with Crippen LogP contribution in [0.5, 0.6) is 17.2 Å². The molecule has 4 aliphatic rings. The van der Waals surface area contributed by atoms with Crippen molar-refractivity contribution >= 4 is 40.0 Å². The number of rotatable bonds is 3. The number of benzene rings is 2. The lowest BCUT2D eigenvalue weighted by atomic mass is 9.78. The summed E-state index contributed by atoms with van der Waals surface area (Å²) in [5.74, 6) is -6.33. The molecule has 2 aromatic rings. The molecular weight excluding hydrogens is 803 g/mol. The molecule has 4 heterocycles. The zero-order valence-electron chi connectivity index (χ0n) is 36.9. The van der Waals surface area contributed by atoms with Crippen molar-refractivity contribution in [1.29, 1.82) is 0 Å². The quantitative estimate of drug-likeness (QED) is 0.111. The lowest BCUT2D eigenvalue weighted by Gasteiger charge is -2.38. The number of methoxy groups -OCH3 is 1. The number of aliphatic hydroxyl groups is 2. The Morgan fingerprint density at radius 2 is 1.65 bits per heavy atom. The molecule has 62 heavy (non-hydrogen) atoms. The van der Waals surface area contributed by atoms with Crippen molar-refractivity contribution < 1.29 is 59.0 Å². The van der Waals surface area contributed by atoms with Gasteiger partial charge in [-0.2, -0.15) is 0 Å². The van der Waals surface area contributed by atoms with Crippen LogP contribution in [0.25, 0.3) is 10.8 Å². The number of piperidine rings is 1. The molecule has 9 atom stereocenters. The van der Waals surface area contributed by atoms with Crippen molar-refractivity contribution in [3.63, 3.8) is 0 Å². The molecule has 4 aliphatic heterocycles. The second-order valence-corrected chi connectivity index (χ2v) is 17.1. The molecule has 6 rings (SSSR count). The second-order valence-electron chi connectivity index (χ2n) is 17.1. The minimum atomic E-state index is -1.85. The van der Waals surface area contributed by atoms with E-state index in [0.717, 1.165) is 0 Å². The highest BCUT2D eigenvalue weighted by Crippen LogP contribution is 2.50. The van der Waals surface area contributed by atoms with Crippen LogP contribution in [0.4, 0.5) is 5.69 Å². The van der Waals surface area contributed by atoms with E-state index in [1.807, 2.05) is 0 Å². The molecule has 1 saturated heterocycles. The maximum Gasteiger partial charge on any atom is 0.302 e. The lowest BCUT2D eigenvalue weighted by Crippen LogP contribution is -2.46. The van der Waals surface area contributed by atoms with Gasteiger partial charge in [0.1, 0.15) is 28.6 Å². The van der Waals surface area contributed by atoms with Crippen molar-refractivity contribution in [2.24, 2.45) is 38.8 Å². The standard InChI is InChI=1S/C45H59N5O12/c1-11-29(52)50-18-16-45(17-19-50)47-33-30-31-38(55)26(7)41-32(30)42(49-58)44(9,62-41)60-20-15-28(59-10)23(4)40(61-27(8)51)25(6)37(54)24(5)36(53)21(2)13-12-14-22(3)43(57)46-35(39(31)56)34(33)48-45/h12-15,20-21,23-25,28,36-37,40,53-56,58H,11,16-19H2,1-10H3,(H,46,57)/b13-12+,20-15+,22-14-,49-42-. The number of aliphatic hydroxyl groups excluding tert-OH is 2. The topological polar surface area (TPSA) is 242 Å². The van der Waals surface area contributed by atoms with Crippen LogP contribution in [0.15, 0.2) is 51.3 Å². The van der Waals surface area contributed by atoms with Gasteiger partial charge in [0.05, 0.1) is 40.9 Å². The molecule has 17 nitrogen and oxygen atoms in total. The van der Waals surface area contributed by atoms with Crippen LogP contribution >= 0.6 is 0 Å². The van der Waals surface area contributed by atoms with E-state index >= 15 is 0 Å². The van der Waals surface area contributed by atoms with Gasteiger partial charge in [0.25, 0.3) is 11.7 Å². The van der Waals surface area contributed by atoms with Crippen LogP contribution < -0.4 is 20.8 Å². The van der Waals surface area contributed by atoms with Gasteiger partial charge in [0, 0.05) is 93.5 Å². The molecule has 17 heteroatoms. The Morgan fingerprint density at radius 3 is 2.26 bits per heavy atom. The number of likely N-dealkylation sites (tertiary alicyclic amines) is 1. The van der Waals surface area contributed by atoms with E-state index in [1.54, 1.807) is 71.6 Å². The maximum absolute atomic E-state index is 13.9. The molecule has 6 N–H and O–H groups in total. The number of phenolic OH excluding ortho intramolecular Hbond substituents is 2. The zero-order valence-corrected chi connectivity index (χ0v) is 36.9. The first-order chi connectivity index (χ1) is 29.2. The van der Waals surface area contributed by atoms with Crippen LogP contribution in [0.1, 0.15) is 85.8 Å². The normalized spacial score (nSPS) is 32.5. The molecule has 0 aromatic heterocycles. The Balaban J connectivity index is 1.57. The zero-order chi connectivity index (χ0) is 45.6. The summed E-state index contributed by atoms with van der Waals surface area (Å²) in [7, 11) is 1.46. The van der Waals surface area contributed by atoms with Crippen molar-refractivity contribution in [3.8, 4) is 17.2 Å². The van der Waals surface area contributed by atoms with Gasteiger partial charge >= 0.3 is 5.97 Å². The van der Waals surface area contributed by atoms with E-state index in [-0.39, 0.29) is 61.2 Å². The Hall–Kier alpha value is -5.52. The minimum absolute atomic E-state index is 0.0102. The summed E-state index contributed by atoms with van der Waals surface area (Å²) in [5, 5.41) is 64.5. The number of hydrogen-bond donors (Lipinski definition) is 6. The van der Waals surface area contributed by atoms with E-state index in [4.69, 9.17) is 28.9 Å². The number of ether oxygens (including phenoxy) is 4. The number of aromatic hydroxyl groups is 2. The van der Waals surface area contributed by atoms with E-state index < -0.39 is 82.9 Å². The van der Waals surface area contributed by atoms with Gasteiger partial charge in [-0.25, -0.2) is 0 Å². The number of carbonyl (C=O) groups is 3. The number of oxime groups is 1. The summed E-state index contributed by atoms with van der Waals surface area (Å²) in [6.07, 6.45) is 4.84. The first-order valence-electron chi connectivity index (χ1n) is 21.0. The maximum atomic E-state index is 13.9. The van der Waals surface area contributed by atoms with Crippen molar-refractivity contribution in [3.05, 3.63) is 58.0 Å². The number of carbonyl (C=O) groups excluding carboxylic acids is 3. The fourth-order valence-corrected chi connectivity index (χ4v) is 9.08. The highest BCUT2D eigenvalue weighted by Gasteiger charge is 2.49. The molecule has 4 bridgehead atoms. The third-order valence-electron chi connectivity index (χ3n) is 13.0. The Labute approximate surface area is 360 Å². The van der Waals surface area contributed by atoms with E-state index in [0.29, 0.717) is 32.4 Å². The van der Waals surface area contributed by atoms with Crippen molar-refractivity contribution in [1.82, 2.24) is 4.90 Å². The molecule has 2 amide bonds. The first-order valence-corrected chi connectivity index (χ1v) is 21.0. The van der Waals surface area contributed by atoms with Gasteiger partial charge < -0.3 is 54.8 Å². The smallest absolute Gasteiger partial charge is 0.302 e. The predicted octanol–water partition coefficient (Wildman–Crippen LogP) is 4.03. The van der Waals surface area contributed by atoms with Crippen LogP contribution in [-0.2, 0) is 28.6 Å². The highest BCUT2D eigenvalue weighted by molar-refractivity contribution is 6.21. The molecule has 336 valence electrons. The fourth-order valence-electron chi connectivity index (χ4n) is 9.08. The Kier molecular flexibility index (Phi) is 13.1. The molecule has 2 aromatic carbocycles. The number of amides is 2. The number of fused-ring (bicyclic) bond motifs is 1. The number of anilines is 1. The van der Waals surface area contributed by atoms with Gasteiger partial charge in [-0.1, -0.05) is 58.0 Å². The SMILES string of the molecule is CCC(=O)N1CCC2(CC1)N=c1c3c(O)c4c(O)c(C)c5c(c4c1=N2)/C(=N/O)C(C)(O/C=C/C(OC)C(C)C(OC(C)=O)C(C)C(O)C(C)C(O)C(C)/C=C/C=C(/C)C(=O)N3)O5. The number of hydrogen-bond acceptors (Lipinski definition) is 15. The average Bonchev–Trinajstić information content (AvgIpc) is 3.76. The molecule has 0 saturated carbocycles. The van der Waals surface area contributed by atoms with Gasteiger partial charge in [-0.15, -0.1) is 0 Å². The summed E-state index contributed by atoms with van der Waals surface area (Å²) in [6.45, 7) is 15.4. The largest absolute Gasteiger partial charge is 0.507 e. The summed E-state index contributed by atoms with van der Waals surface area (Å²) >= 11 is 0. The van der Waals surface area contributed by atoms with Gasteiger partial charge in [-0.3, -0.25) is 24.4 Å². The fraction of sp³-hybridized carbons (Fsp3) is 0.556. The second kappa shape index (κ2) is 17.7. The molecule has 1 spiro atoms. The Morgan fingerprint density at radius 1 is 0.984 bits per heavy atom. The molecule has 1 fully saturated rings. The lowest BCUT2D eigenvalue weighted by molar-refractivity contribution is -0.160. The Bertz CT molecular complexity index is 2390. The number of allylic oxidation sites excluding steroid dienone is 2. The van der Waals surface area contributed by atoms with Crippen LogP contribution in [0, 0.1) is 30.6 Å². The molecule has 0 radical (unpaired) electrons. The summed E-state index contributed by atoms with van der Waals surface area (Å²) in [4.78, 5) is 50.9. The first kappa shape index (κ1) is 46.0. The summed E-state index contributed by atoms with van der Waals surface area (Å²) < 4.78 is 24.2. The average molecular weight is 862 g/mol. The molecular formula is C45H59N5O12. The van der Waals surface area contributed by atoms with E-state index in [2.05, 4.69) is 10.5 Å². The molecule has 9 unspecified atom stereocenters. The summed E-state index contributed by atoms with van der Waals surface area (Å²) in [6, 6.07) is 0. The predicted molar refractivity (Wildman–Crippen MR) is 227 cm³/mol. The monoisotopic (exact) mass is 861 g/mol. The number of esters is 1.